The molecule has 4 aromatic rings. The van der Waals surface area contributed by atoms with E-state index in [0.717, 1.165) is 11.1 Å². The van der Waals surface area contributed by atoms with Gasteiger partial charge in [0.1, 0.15) is 12.1 Å². The molecular weight excluding hydrogens is 396 g/mol. The molecule has 0 bridgehead atoms. The fourth-order valence-electron chi connectivity index (χ4n) is 3.32. The van der Waals surface area contributed by atoms with Crippen molar-refractivity contribution in [2.45, 2.75) is 6.61 Å². The van der Waals surface area contributed by atoms with Gasteiger partial charge in [-0.25, -0.2) is 14.6 Å². The van der Waals surface area contributed by atoms with Gasteiger partial charge >= 0.3 is 11.9 Å². The number of aromatic carboxylic acids is 1. The van der Waals surface area contributed by atoms with Gasteiger partial charge in [0, 0.05) is 11.6 Å². The Kier molecular flexibility index (Phi) is 5.57. The maximum absolute atomic E-state index is 12.4. The molecule has 0 saturated carbocycles. The SMILES string of the molecule is COC(=O)c1nc(C(=O)O)c2c(-c3ccccc3)ccnc2c1OCc1ccccc1. The maximum Gasteiger partial charge on any atom is 0.360 e. The van der Waals surface area contributed by atoms with Gasteiger partial charge in [-0.15, -0.1) is 0 Å². The highest BCUT2D eigenvalue weighted by atomic mass is 16.5. The number of hydrogen-bond donors (Lipinski definition) is 1. The van der Waals surface area contributed by atoms with E-state index in [4.69, 9.17) is 9.47 Å². The summed E-state index contributed by atoms with van der Waals surface area (Å²) in [4.78, 5) is 33.0. The first kappa shape index (κ1) is 20.0. The summed E-state index contributed by atoms with van der Waals surface area (Å²) in [6.45, 7) is 0.144. The number of fused-ring (bicyclic) bond motifs is 1. The highest BCUT2D eigenvalue weighted by Gasteiger charge is 2.27. The third-order valence-electron chi connectivity index (χ3n) is 4.73. The number of carboxylic acid groups (broad SMARTS) is 1. The van der Waals surface area contributed by atoms with E-state index in [1.807, 2.05) is 60.7 Å². The Balaban J connectivity index is 1.98. The normalized spacial score (nSPS) is 10.6. The molecule has 0 aliphatic heterocycles. The van der Waals surface area contributed by atoms with Crippen molar-refractivity contribution in [1.29, 1.82) is 0 Å². The van der Waals surface area contributed by atoms with E-state index in [0.29, 0.717) is 5.56 Å². The number of pyridine rings is 2. The van der Waals surface area contributed by atoms with E-state index < -0.39 is 11.9 Å². The zero-order chi connectivity index (χ0) is 21.8. The van der Waals surface area contributed by atoms with Crippen molar-refractivity contribution in [3.8, 4) is 16.9 Å². The molecule has 0 spiro atoms. The highest BCUT2D eigenvalue weighted by Crippen LogP contribution is 2.36. The van der Waals surface area contributed by atoms with Crippen LogP contribution in [0.25, 0.3) is 22.0 Å². The Morgan fingerprint density at radius 1 is 0.935 bits per heavy atom. The van der Waals surface area contributed by atoms with Crippen molar-refractivity contribution in [2.24, 2.45) is 0 Å². The molecule has 2 aromatic carbocycles. The van der Waals surface area contributed by atoms with Crippen molar-refractivity contribution in [3.63, 3.8) is 0 Å². The molecule has 0 aliphatic carbocycles. The van der Waals surface area contributed by atoms with Crippen molar-refractivity contribution < 1.29 is 24.2 Å². The van der Waals surface area contributed by atoms with Gasteiger partial charge in [-0.3, -0.25) is 4.98 Å². The average Bonchev–Trinajstić information content (AvgIpc) is 2.82. The van der Waals surface area contributed by atoms with Gasteiger partial charge in [0.15, 0.2) is 17.1 Å². The number of carbonyl (C=O) groups is 2. The maximum atomic E-state index is 12.4. The van der Waals surface area contributed by atoms with Gasteiger partial charge in [0.05, 0.1) is 7.11 Å². The average molecular weight is 414 g/mol. The first-order valence-corrected chi connectivity index (χ1v) is 9.46. The van der Waals surface area contributed by atoms with Gasteiger partial charge in [0.2, 0.25) is 0 Å². The number of esters is 1. The lowest BCUT2D eigenvalue weighted by atomic mass is 9.99. The molecule has 0 aliphatic rings. The Bertz CT molecular complexity index is 1260. The predicted octanol–water partition coefficient (Wildman–Crippen LogP) is 4.36. The van der Waals surface area contributed by atoms with Crippen LogP contribution in [0.1, 0.15) is 26.5 Å². The number of carboxylic acids is 1. The minimum Gasteiger partial charge on any atom is -0.484 e. The number of carbonyl (C=O) groups excluding carboxylic acids is 1. The first-order chi connectivity index (χ1) is 15.1. The zero-order valence-corrected chi connectivity index (χ0v) is 16.6. The smallest absolute Gasteiger partial charge is 0.360 e. The lowest BCUT2D eigenvalue weighted by molar-refractivity contribution is 0.0588. The molecule has 0 radical (unpaired) electrons. The fraction of sp³-hybridized carbons (Fsp3) is 0.0833. The lowest BCUT2D eigenvalue weighted by Gasteiger charge is -2.16. The molecule has 2 aromatic heterocycles. The largest absolute Gasteiger partial charge is 0.484 e. The van der Waals surface area contributed by atoms with Gasteiger partial charge < -0.3 is 14.6 Å². The molecule has 154 valence electrons. The summed E-state index contributed by atoms with van der Waals surface area (Å²) in [5.41, 5.74) is 1.98. The second kappa shape index (κ2) is 8.62. The third-order valence-corrected chi connectivity index (χ3v) is 4.73. The lowest BCUT2D eigenvalue weighted by Crippen LogP contribution is -2.14. The number of aromatic nitrogens is 2. The minimum atomic E-state index is -1.28. The second-order valence-corrected chi connectivity index (χ2v) is 6.66. The van der Waals surface area contributed by atoms with Crippen molar-refractivity contribution in [1.82, 2.24) is 9.97 Å². The molecule has 7 nitrogen and oxygen atoms in total. The topological polar surface area (TPSA) is 98.6 Å². The summed E-state index contributed by atoms with van der Waals surface area (Å²) in [7, 11) is 1.20. The van der Waals surface area contributed by atoms with Crippen molar-refractivity contribution in [3.05, 3.63) is 89.9 Å². The van der Waals surface area contributed by atoms with E-state index in [1.54, 1.807) is 12.3 Å². The van der Waals surface area contributed by atoms with Crippen molar-refractivity contribution in [2.75, 3.05) is 7.11 Å². The number of rotatable bonds is 6. The van der Waals surface area contributed by atoms with Crippen LogP contribution in [0.15, 0.2) is 72.9 Å². The standard InChI is InChI=1S/C24H18N2O5/c1-30-24(29)21-22(31-14-15-8-4-2-5-9-15)19-18(20(26-21)23(27)28)17(12-13-25-19)16-10-6-3-7-11-16/h2-13H,14H2,1H3,(H,27,28). The summed E-state index contributed by atoms with van der Waals surface area (Å²) < 4.78 is 10.8. The van der Waals surface area contributed by atoms with Crippen LogP contribution in [-0.2, 0) is 11.3 Å². The Morgan fingerprint density at radius 2 is 1.61 bits per heavy atom. The molecule has 1 N–H and O–H groups in total. The Labute approximate surface area is 177 Å². The van der Waals surface area contributed by atoms with Gasteiger partial charge in [0.25, 0.3) is 0 Å². The van der Waals surface area contributed by atoms with Crippen LogP contribution in [-0.4, -0.2) is 34.1 Å². The van der Waals surface area contributed by atoms with Gasteiger partial charge in [-0.2, -0.15) is 0 Å². The number of nitrogens with zero attached hydrogens (tertiary/aromatic N) is 2. The summed E-state index contributed by atoms with van der Waals surface area (Å²) in [6.07, 6.45) is 1.55. The molecule has 0 amide bonds. The molecule has 2 heterocycles. The van der Waals surface area contributed by atoms with Crippen LogP contribution in [0.5, 0.6) is 5.75 Å². The van der Waals surface area contributed by atoms with Crippen LogP contribution in [0.4, 0.5) is 0 Å². The first-order valence-electron chi connectivity index (χ1n) is 9.46. The highest BCUT2D eigenvalue weighted by molar-refractivity contribution is 6.11. The molecule has 0 saturated heterocycles. The number of hydrogen-bond acceptors (Lipinski definition) is 6. The summed E-state index contributed by atoms with van der Waals surface area (Å²) >= 11 is 0. The van der Waals surface area contributed by atoms with Gasteiger partial charge in [-0.1, -0.05) is 60.7 Å². The van der Waals surface area contributed by atoms with E-state index in [1.165, 1.54) is 7.11 Å². The quantitative estimate of drug-likeness (QED) is 0.468. The van der Waals surface area contributed by atoms with Crippen molar-refractivity contribution >= 4 is 22.8 Å². The fourth-order valence-corrected chi connectivity index (χ4v) is 3.32. The van der Waals surface area contributed by atoms with Crippen LogP contribution in [0.3, 0.4) is 0 Å². The molecular formula is C24H18N2O5. The minimum absolute atomic E-state index is 0.0773. The van der Waals surface area contributed by atoms with E-state index in [9.17, 15) is 14.7 Å². The van der Waals surface area contributed by atoms with E-state index >= 15 is 0 Å². The van der Waals surface area contributed by atoms with Gasteiger partial charge in [-0.05, 0) is 22.8 Å². The van der Waals surface area contributed by atoms with Crippen LogP contribution in [0.2, 0.25) is 0 Å². The third kappa shape index (κ3) is 3.93. The number of benzene rings is 2. The molecule has 31 heavy (non-hydrogen) atoms. The number of ether oxygens (including phenoxy) is 2. The van der Waals surface area contributed by atoms with Crippen LogP contribution >= 0.6 is 0 Å². The monoisotopic (exact) mass is 414 g/mol. The summed E-state index contributed by atoms with van der Waals surface area (Å²) in [6, 6.07) is 20.4. The van der Waals surface area contributed by atoms with Crippen LogP contribution < -0.4 is 4.74 Å². The van der Waals surface area contributed by atoms with E-state index in [-0.39, 0.29) is 34.6 Å². The molecule has 0 unspecified atom stereocenters. The molecule has 0 atom stereocenters. The van der Waals surface area contributed by atoms with E-state index in [2.05, 4.69) is 9.97 Å². The summed E-state index contributed by atoms with van der Waals surface area (Å²) in [5, 5.41) is 10.1. The molecule has 4 rings (SSSR count). The molecule has 7 heteroatoms. The second-order valence-electron chi connectivity index (χ2n) is 6.66. The Hall–Kier alpha value is -4.26. The predicted molar refractivity (Wildman–Crippen MR) is 114 cm³/mol. The molecule has 0 fully saturated rings. The zero-order valence-electron chi connectivity index (χ0n) is 16.6. The van der Waals surface area contributed by atoms with Crippen LogP contribution in [0, 0.1) is 0 Å². The summed E-state index contributed by atoms with van der Waals surface area (Å²) in [5.74, 6) is -2.01. The Morgan fingerprint density at radius 3 is 2.26 bits per heavy atom. The number of methoxy groups -OCH3 is 1.